The van der Waals surface area contributed by atoms with Crippen LogP contribution in [-0.4, -0.2) is 64.5 Å². The van der Waals surface area contributed by atoms with Gasteiger partial charge in [-0.1, -0.05) is 12.1 Å². The molecule has 0 amide bonds. The van der Waals surface area contributed by atoms with Crippen molar-refractivity contribution < 1.29 is 14.2 Å². The number of aromatic nitrogens is 3. The summed E-state index contributed by atoms with van der Waals surface area (Å²) in [6.45, 7) is 5.77. The Morgan fingerprint density at radius 1 is 1.13 bits per heavy atom. The number of pyridine rings is 1. The fourth-order valence-electron chi connectivity index (χ4n) is 4.50. The number of aromatic hydroxyl groups is 1. The van der Waals surface area contributed by atoms with Crippen LogP contribution in [-0.2, 0) is 0 Å². The van der Waals surface area contributed by atoms with Gasteiger partial charge in [-0.15, -0.1) is 24.8 Å². The minimum atomic E-state index is -0.697. The van der Waals surface area contributed by atoms with Crippen molar-refractivity contribution in [3.63, 3.8) is 0 Å². The van der Waals surface area contributed by atoms with E-state index < -0.39 is 5.82 Å². The Morgan fingerprint density at radius 3 is 2.55 bits per heavy atom. The number of hydrogen-bond acceptors (Lipinski definition) is 8. The van der Waals surface area contributed by atoms with Crippen LogP contribution in [0.25, 0.3) is 33.4 Å². The third kappa shape index (κ3) is 5.92. The first-order valence-electron chi connectivity index (χ1n) is 11.8. The van der Waals surface area contributed by atoms with Crippen LogP contribution in [0.2, 0.25) is 0 Å². The fourth-order valence-corrected chi connectivity index (χ4v) is 4.50. The average molecular weight is 560 g/mol. The second kappa shape index (κ2) is 12.8. The summed E-state index contributed by atoms with van der Waals surface area (Å²) in [6, 6.07) is 13.2. The molecule has 0 aliphatic carbocycles. The summed E-state index contributed by atoms with van der Waals surface area (Å²) in [5.74, 6) is 0.0591. The Balaban J connectivity index is 0.00000200. The zero-order chi connectivity index (χ0) is 25.1. The summed E-state index contributed by atoms with van der Waals surface area (Å²) in [4.78, 5) is 6.84. The molecule has 200 valence electrons. The van der Waals surface area contributed by atoms with Crippen molar-refractivity contribution in [1.29, 1.82) is 5.26 Å². The lowest BCUT2D eigenvalue weighted by Crippen LogP contribution is -2.43. The molecule has 0 radical (unpaired) electrons. The van der Waals surface area contributed by atoms with Crippen molar-refractivity contribution in [2.75, 3.05) is 45.1 Å². The second-order valence-electron chi connectivity index (χ2n) is 8.64. The standard InChI is InChI=1S/C26H26FN7O2.2ClH/c27-21-14-17(35)4-7-19(21)24-20(15-28)22(23-25(29)32-33-26(23)31-24)16-2-5-18(6-3-16)36-13-1-10-34-11-8-30-9-12-34;;/h2-7,14,30,35H,1,8-13H2,(H3,29,31,32,33);2*1H. The molecule has 1 saturated heterocycles. The van der Waals surface area contributed by atoms with Crippen molar-refractivity contribution in [2.24, 2.45) is 0 Å². The third-order valence-corrected chi connectivity index (χ3v) is 6.29. The predicted molar refractivity (Wildman–Crippen MR) is 149 cm³/mol. The highest BCUT2D eigenvalue weighted by molar-refractivity contribution is 6.04. The average Bonchev–Trinajstić information content (AvgIpc) is 3.27. The van der Waals surface area contributed by atoms with E-state index in [1.165, 1.54) is 12.1 Å². The third-order valence-electron chi connectivity index (χ3n) is 6.29. The number of H-pyrrole nitrogens is 1. The molecule has 4 aromatic rings. The minimum Gasteiger partial charge on any atom is -0.508 e. The van der Waals surface area contributed by atoms with E-state index in [4.69, 9.17) is 10.5 Å². The van der Waals surface area contributed by atoms with Gasteiger partial charge in [0.25, 0.3) is 0 Å². The summed E-state index contributed by atoms with van der Waals surface area (Å²) >= 11 is 0. The number of hydrogen-bond donors (Lipinski definition) is 4. The van der Waals surface area contributed by atoms with Gasteiger partial charge in [-0.3, -0.25) is 5.10 Å². The van der Waals surface area contributed by atoms with E-state index >= 15 is 0 Å². The molecule has 5 N–H and O–H groups in total. The lowest BCUT2D eigenvalue weighted by atomic mass is 9.93. The number of piperazine rings is 1. The highest BCUT2D eigenvalue weighted by Crippen LogP contribution is 2.39. The molecular weight excluding hydrogens is 532 g/mol. The van der Waals surface area contributed by atoms with Crippen molar-refractivity contribution in [2.45, 2.75) is 6.42 Å². The molecule has 0 saturated carbocycles. The van der Waals surface area contributed by atoms with Gasteiger partial charge in [-0.05, 0) is 36.2 Å². The zero-order valence-electron chi connectivity index (χ0n) is 20.4. The lowest BCUT2D eigenvalue weighted by molar-refractivity contribution is 0.214. The molecule has 0 spiro atoms. The molecule has 2 aromatic heterocycles. The van der Waals surface area contributed by atoms with Gasteiger partial charge >= 0.3 is 0 Å². The molecule has 1 aliphatic heterocycles. The summed E-state index contributed by atoms with van der Waals surface area (Å²) < 4.78 is 20.7. The summed E-state index contributed by atoms with van der Waals surface area (Å²) in [5.41, 5.74) is 7.96. The number of halogens is 3. The number of nitrogen functional groups attached to an aromatic ring is 1. The highest BCUT2D eigenvalue weighted by atomic mass is 35.5. The topological polar surface area (TPSA) is 136 Å². The first-order valence-corrected chi connectivity index (χ1v) is 11.8. The van der Waals surface area contributed by atoms with Crippen LogP contribution in [0.3, 0.4) is 0 Å². The highest BCUT2D eigenvalue weighted by Gasteiger charge is 2.23. The predicted octanol–water partition coefficient (Wildman–Crippen LogP) is 4.11. The van der Waals surface area contributed by atoms with Crippen LogP contribution in [0.1, 0.15) is 12.0 Å². The quantitative estimate of drug-likeness (QED) is 0.248. The first kappa shape index (κ1) is 28.9. The molecule has 9 nitrogen and oxygen atoms in total. The van der Waals surface area contributed by atoms with E-state index in [0.29, 0.717) is 28.9 Å². The normalized spacial score (nSPS) is 13.4. The van der Waals surface area contributed by atoms with Crippen molar-refractivity contribution in [3.8, 4) is 40.0 Å². The number of rotatable bonds is 7. The van der Waals surface area contributed by atoms with Gasteiger partial charge in [-0.25, -0.2) is 9.37 Å². The number of nitriles is 1. The van der Waals surface area contributed by atoms with Crippen molar-refractivity contribution in [1.82, 2.24) is 25.4 Å². The maximum atomic E-state index is 14.7. The van der Waals surface area contributed by atoms with E-state index in [-0.39, 0.29) is 58.8 Å². The Hall–Kier alpha value is -3.62. The number of nitrogens with two attached hydrogens (primary N) is 1. The van der Waals surface area contributed by atoms with Gasteiger partial charge in [0.1, 0.15) is 29.2 Å². The first-order chi connectivity index (χ1) is 17.5. The van der Waals surface area contributed by atoms with Crippen molar-refractivity contribution >= 4 is 41.7 Å². The van der Waals surface area contributed by atoms with E-state index in [1.54, 1.807) is 0 Å². The Kier molecular flexibility index (Phi) is 9.72. The van der Waals surface area contributed by atoms with Gasteiger partial charge in [-0.2, -0.15) is 10.4 Å². The van der Waals surface area contributed by atoms with Crippen LogP contribution in [0.4, 0.5) is 10.2 Å². The molecule has 0 bridgehead atoms. The Bertz CT molecular complexity index is 1430. The molecule has 3 heterocycles. The number of aromatic amines is 1. The number of fused-ring (bicyclic) bond motifs is 1. The van der Waals surface area contributed by atoms with E-state index in [0.717, 1.165) is 45.2 Å². The molecule has 12 heteroatoms. The molecule has 5 rings (SSSR count). The molecule has 0 unspecified atom stereocenters. The molecular formula is C26H28Cl2FN7O2. The van der Waals surface area contributed by atoms with E-state index in [9.17, 15) is 14.8 Å². The number of nitrogens with zero attached hydrogens (tertiary/aromatic N) is 4. The number of phenolic OH excluding ortho intramolecular Hbond substituents is 1. The maximum absolute atomic E-state index is 14.7. The van der Waals surface area contributed by atoms with Crippen LogP contribution in [0, 0.1) is 17.1 Å². The van der Waals surface area contributed by atoms with Crippen molar-refractivity contribution in [3.05, 3.63) is 53.8 Å². The molecule has 1 aliphatic rings. The van der Waals surface area contributed by atoms with Crippen LogP contribution in [0.5, 0.6) is 11.5 Å². The molecule has 38 heavy (non-hydrogen) atoms. The van der Waals surface area contributed by atoms with E-state index in [2.05, 4.69) is 31.5 Å². The van der Waals surface area contributed by atoms with Crippen LogP contribution in [0.15, 0.2) is 42.5 Å². The Labute approximate surface area is 231 Å². The van der Waals surface area contributed by atoms with Gasteiger partial charge in [0, 0.05) is 49.9 Å². The van der Waals surface area contributed by atoms with Gasteiger partial charge in [0.15, 0.2) is 5.65 Å². The number of anilines is 1. The van der Waals surface area contributed by atoms with Crippen LogP contribution < -0.4 is 15.8 Å². The summed E-state index contributed by atoms with van der Waals surface area (Å²) in [5, 5.41) is 30.4. The number of benzene rings is 2. The Morgan fingerprint density at radius 2 is 1.87 bits per heavy atom. The maximum Gasteiger partial charge on any atom is 0.184 e. The molecule has 1 fully saturated rings. The minimum absolute atomic E-state index is 0. The number of nitrogens with one attached hydrogen (secondary N) is 2. The number of phenols is 1. The van der Waals surface area contributed by atoms with Gasteiger partial charge in [0.2, 0.25) is 0 Å². The lowest BCUT2D eigenvalue weighted by Gasteiger charge is -2.26. The monoisotopic (exact) mass is 559 g/mol. The zero-order valence-corrected chi connectivity index (χ0v) is 22.0. The second-order valence-corrected chi connectivity index (χ2v) is 8.64. The smallest absolute Gasteiger partial charge is 0.184 e. The SMILES string of the molecule is Cl.Cl.N#Cc1c(-c2ccc(O)cc2F)nc2n[nH]c(N)c2c1-c1ccc(OCCCN2CCNCC2)cc1. The summed E-state index contributed by atoms with van der Waals surface area (Å²) in [7, 11) is 0. The molecule has 2 aromatic carbocycles. The fraction of sp³-hybridized carbons (Fsp3) is 0.269. The van der Waals surface area contributed by atoms with Gasteiger partial charge in [0.05, 0.1) is 23.3 Å². The molecule has 0 atom stereocenters. The summed E-state index contributed by atoms with van der Waals surface area (Å²) in [6.07, 6.45) is 0.929. The van der Waals surface area contributed by atoms with E-state index in [1.807, 2.05) is 24.3 Å². The number of ether oxygens (including phenoxy) is 1. The van der Waals surface area contributed by atoms with Gasteiger partial charge < -0.3 is 25.8 Å². The van der Waals surface area contributed by atoms with Crippen LogP contribution >= 0.6 is 24.8 Å². The largest absolute Gasteiger partial charge is 0.508 e.